The van der Waals surface area contributed by atoms with Gasteiger partial charge >= 0.3 is 0 Å². The fraction of sp³-hybridized carbons (Fsp3) is 0.133. The molecule has 0 aliphatic carbocycles. The fourth-order valence-electron chi connectivity index (χ4n) is 1.88. The third kappa shape index (κ3) is 3.34. The third-order valence-corrected chi connectivity index (χ3v) is 2.97. The van der Waals surface area contributed by atoms with Crippen LogP contribution in [-0.2, 0) is 4.79 Å². The Morgan fingerprint density at radius 1 is 1.21 bits per heavy atom. The van der Waals surface area contributed by atoms with E-state index in [1.807, 2.05) is 30.3 Å². The van der Waals surface area contributed by atoms with Gasteiger partial charge in [-0.25, -0.2) is 0 Å². The molecule has 2 aromatic rings. The van der Waals surface area contributed by atoms with Crippen molar-refractivity contribution in [3.63, 3.8) is 0 Å². The van der Waals surface area contributed by atoms with Crippen LogP contribution in [0.15, 0.2) is 48.5 Å². The molecule has 2 N–H and O–H groups in total. The van der Waals surface area contributed by atoms with Gasteiger partial charge in [0.25, 0.3) is 0 Å². The lowest BCUT2D eigenvalue weighted by molar-refractivity contribution is -0.114. The molecule has 0 heterocycles. The van der Waals surface area contributed by atoms with Crippen LogP contribution < -0.4 is 5.32 Å². The molecule has 0 radical (unpaired) electrons. The largest absolute Gasteiger partial charge is 0.384 e. The minimum Gasteiger partial charge on any atom is -0.384 e. The summed E-state index contributed by atoms with van der Waals surface area (Å²) in [5.41, 5.74) is 1.89. The summed E-state index contributed by atoms with van der Waals surface area (Å²) in [5, 5.41) is 13.6. The average Bonchev–Trinajstić information content (AvgIpc) is 2.40. The maximum Gasteiger partial charge on any atom is 0.221 e. The number of amides is 1. The summed E-state index contributed by atoms with van der Waals surface area (Å²) < 4.78 is 0. The van der Waals surface area contributed by atoms with E-state index in [4.69, 9.17) is 11.6 Å². The van der Waals surface area contributed by atoms with Gasteiger partial charge in [-0.3, -0.25) is 4.79 Å². The second-order valence-corrected chi connectivity index (χ2v) is 4.66. The molecule has 0 aliphatic rings. The van der Waals surface area contributed by atoms with Crippen molar-refractivity contribution in [2.45, 2.75) is 13.0 Å². The number of rotatable bonds is 3. The van der Waals surface area contributed by atoms with Gasteiger partial charge in [-0.2, -0.15) is 0 Å². The van der Waals surface area contributed by atoms with Gasteiger partial charge in [0.2, 0.25) is 5.91 Å². The first-order valence-electron chi connectivity index (χ1n) is 5.88. The molecule has 0 spiro atoms. The van der Waals surface area contributed by atoms with E-state index in [2.05, 4.69) is 5.32 Å². The molecule has 98 valence electrons. The predicted molar refractivity (Wildman–Crippen MR) is 76.3 cm³/mol. The molecule has 2 rings (SSSR count). The summed E-state index contributed by atoms with van der Waals surface area (Å²) in [6, 6.07) is 14.2. The summed E-state index contributed by atoms with van der Waals surface area (Å²) in [7, 11) is 0. The molecule has 0 aromatic heterocycles. The zero-order chi connectivity index (χ0) is 13.8. The molecule has 1 atom stereocenters. The topological polar surface area (TPSA) is 49.3 Å². The van der Waals surface area contributed by atoms with Crippen molar-refractivity contribution in [1.82, 2.24) is 0 Å². The smallest absolute Gasteiger partial charge is 0.221 e. The summed E-state index contributed by atoms with van der Waals surface area (Å²) in [6.07, 6.45) is -0.832. The van der Waals surface area contributed by atoms with Gasteiger partial charge in [-0.15, -0.1) is 0 Å². The van der Waals surface area contributed by atoms with Crippen LogP contribution in [0.4, 0.5) is 5.69 Å². The first-order valence-corrected chi connectivity index (χ1v) is 6.26. The SMILES string of the molecule is CC(=O)Nc1ccc(Cl)cc1C(O)c1ccccc1. The summed E-state index contributed by atoms with van der Waals surface area (Å²) in [6.45, 7) is 1.42. The van der Waals surface area contributed by atoms with Crippen molar-refractivity contribution in [2.24, 2.45) is 0 Å². The van der Waals surface area contributed by atoms with Crippen molar-refractivity contribution in [2.75, 3.05) is 5.32 Å². The Morgan fingerprint density at radius 2 is 1.89 bits per heavy atom. The Hall–Kier alpha value is -1.84. The molecule has 2 aromatic carbocycles. The van der Waals surface area contributed by atoms with E-state index < -0.39 is 6.10 Å². The van der Waals surface area contributed by atoms with E-state index in [9.17, 15) is 9.90 Å². The second-order valence-electron chi connectivity index (χ2n) is 4.23. The van der Waals surface area contributed by atoms with Crippen molar-refractivity contribution < 1.29 is 9.90 Å². The average molecular weight is 276 g/mol. The lowest BCUT2D eigenvalue weighted by Gasteiger charge is -2.16. The van der Waals surface area contributed by atoms with Crippen molar-refractivity contribution >= 4 is 23.2 Å². The van der Waals surface area contributed by atoms with E-state index in [1.165, 1.54) is 6.92 Å². The normalized spacial score (nSPS) is 11.9. The minimum atomic E-state index is -0.832. The highest BCUT2D eigenvalue weighted by Gasteiger charge is 2.15. The number of anilines is 1. The van der Waals surface area contributed by atoms with Crippen LogP contribution in [0.2, 0.25) is 5.02 Å². The van der Waals surface area contributed by atoms with Crippen LogP contribution in [-0.4, -0.2) is 11.0 Å². The van der Waals surface area contributed by atoms with Crippen LogP contribution >= 0.6 is 11.6 Å². The quantitative estimate of drug-likeness (QED) is 0.902. The van der Waals surface area contributed by atoms with Gasteiger partial charge in [0.15, 0.2) is 0 Å². The minimum absolute atomic E-state index is 0.191. The van der Waals surface area contributed by atoms with Crippen LogP contribution in [0.5, 0.6) is 0 Å². The molecule has 3 nitrogen and oxygen atoms in total. The van der Waals surface area contributed by atoms with Crippen LogP contribution in [0, 0.1) is 0 Å². The Labute approximate surface area is 116 Å². The van der Waals surface area contributed by atoms with Crippen molar-refractivity contribution in [1.29, 1.82) is 0 Å². The molecule has 0 bridgehead atoms. The molecular weight excluding hydrogens is 262 g/mol. The van der Waals surface area contributed by atoms with E-state index >= 15 is 0 Å². The molecule has 0 aliphatic heterocycles. The van der Waals surface area contributed by atoms with Gasteiger partial charge < -0.3 is 10.4 Å². The molecule has 1 unspecified atom stereocenters. The van der Waals surface area contributed by atoms with Gasteiger partial charge in [0, 0.05) is 23.2 Å². The molecule has 0 saturated heterocycles. The van der Waals surface area contributed by atoms with Crippen LogP contribution in [0.1, 0.15) is 24.2 Å². The third-order valence-electron chi connectivity index (χ3n) is 2.73. The Morgan fingerprint density at radius 3 is 2.53 bits per heavy atom. The number of hydrogen-bond acceptors (Lipinski definition) is 2. The van der Waals surface area contributed by atoms with Gasteiger partial charge in [-0.1, -0.05) is 41.9 Å². The Kier molecular flexibility index (Phi) is 4.20. The molecular formula is C15H14ClNO2. The van der Waals surface area contributed by atoms with E-state index in [0.29, 0.717) is 16.3 Å². The maximum absolute atomic E-state index is 11.2. The van der Waals surface area contributed by atoms with Crippen molar-refractivity contribution in [3.8, 4) is 0 Å². The standard InChI is InChI=1S/C15H14ClNO2/c1-10(18)17-14-8-7-12(16)9-13(14)15(19)11-5-3-2-4-6-11/h2-9,15,19H,1H3,(H,17,18). The molecule has 0 fully saturated rings. The second kappa shape index (κ2) is 5.87. The maximum atomic E-state index is 11.2. The Bertz CT molecular complexity index is 584. The number of carbonyl (C=O) groups is 1. The fourth-order valence-corrected chi connectivity index (χ4v) is 2.06. The lowest BCUT2D eigenvalue weighted by atomic mass is 10.00. The highest BCUT2D eigenvalue weighted by molar-refractivity contribution is 6.30. The predicted octanol–water partition coefficient (Wildman–Crippen LogP) is 3.38. The molecule has 0 saturated carbocycles. The Balaban J connectivity index is 2.42. The number of nitrogens with one attached hydrogen (secondary N) is 1. The molecule has 19 heavy (non-hydrogen) atoms. The zero-order valence-corrected chi connectivity index (χ0v) is 11.2. The van der Waals surface area contributed by atoms with E-state index in [0.717, 1.165) is 5.56 Å². The molecule has 1 amide bonds. The number of halogens is 1. The van der Waals surface area contributed by atoms with Crippen LogP contribution in [0.25, 0.3) is 0 Å². The number of aliphatic hydroxyl groups is 1. The number of aliphatic hydroxyl groups excluding tert-OH is 1. The number of hydrogen-bond donors (Lipinski definition) is 2. The number of carbonyl (C=O) groups excluding carboxylic acids is 1. The van der Waals surface area contributed by atoms with Gasteiger partial charge in [0.1, 0.15) is 6.10 Å². The monoisotopic (exact) mass is 275 g/mol. The highest BCUT2D eigenvalue weighted by Crippen LogP contribution is 2.30. The van der Waals surface area contributed by atoms with Crippen molar-refractivity contribution in [3.05, 3.63) is 64.7 Å². The van der Waals surface area contributed by atoms with E-state index in [-0.39, 0.29) is 5.91 Å². The summed E-state index contributed by atoms with van der Waals surface area (Å²) in [5.74, 6) is -0.191. The summed E-state index contributed by atoms with van der Waals surface area (Å²) in [4.78, 5) is 11.2. The van der Waals surface area contributed by atoms with E-state index in [1.54, 1.807) is 18.2 Å². The van der Waals surface area contributed by atoms with Gasteiger partial charge in [0.05, 0.1) is 0 Å². The number of benzene rings is 2. The van der Waals surface area contributed by atoms with Crippen LogP contribution in [0.3, 0.4) is 0 Å². The first-order chi connectivity index (χ1) is 9.08. The molecule has 4 heteroatoms. The lowest BCUT2D eigenvalue weighted by Crippen LogP contribution is -2.10. The zero-order valence-electron chi connectivity index (χ0n) is 10.4. The first kappa shape index (κ1) is 13.6. The summed E-state index contributed by atoms with van der Waals surface area (Å²) >= 11 is 5.96. The van der Waals surface area contributed by atoms with Gasteiger partial charge in [-0.05, 0) is 23.8 Å². The highest BCUT2D eigenvalue weighted by atomic mass is 35.5.